The first-order chi connectivity index (χ1) is 11.8. The van der Waals surface area contributed by atoms with Crippen LogP contribution in [0.4, 0.5) is 0 Å². The largest absolute Gasteiger partial charge is 0.347 e. The van der Waals surface area contributed by atoms with Gasteiger partial charge < -0.3 is 26.6 Å². The predicted molar refractivity (Wildman–Crippen MR) is 90.4 cm³/mol. The summed E-state index contributed by atoms with van der Waals surface area (Å²) in [4.78, 5) is 57.0. The molecule has 0 aromatic carbocycles. The third kappa shape index (κ3) is 12.6. The molecule has 4 amide bonds. The second-order valence-corrected chi connectivity index (χ2v) is 5.51. The molecule has 0 aliphatic rings. The van der Waals surface area contributed by atoms with Crippen molar-refractivity contribution >= 4 is 29.4 Å². The standard InChI is InChI=1S/C15H27N5O5/c1-4-16-6-12(22)18-8-14(24)20-9-15(25)19-7-13(23)17-5-11(21)10(2)3/h10,16H,4-9H2,1-3H3,(H,17,23)(H,18,22)(H,19,25)(H,20,24). The van der Waals surface area contributed by atoms with Gasteiger partial charge in [-0.2, -0.15) is 0 Å². The molecule has 0 aromatic rings. The molecule has 0 heterocycles. The van der Waals surface area contributed by atoms with Gasteiger partial charge in [0.2, 0.25) is 23.6 Å². The van der Waals surface area contributed by atoms with Crippen molar-refractivity contribution in [2.75, 3.05) is 39.3 Å². The van der Waals surface area contributed by atoms with Gasteiger partial charge in [0.05, 0.1) is 32.7 Å². The molecule has 0 bridgehead atoms. The van der Waals surface area contributed by atoms with Gasteiger partial charge in [-0.1, -0.05) is 20.8 Å². The van der Waals surface area contributed by atoms with Crippen LogP contribution in [0.3, 0.4) is 0 Å². The van der Waals surface area contributed by atoms with E-state index in [1.54, 1.807) is 13.8 Å². The highest BCUT2D eigenvalue weighted by molar-refractivity contribution is 5.91. The number of likely N-dealkylation sites (N-methyl/N-ethyl adjacent to an activating group) is 1. The van der Waals surface area contributed by atoms with Crippen LogP contribution in [-0.4, -0.2) is 68.7 Å². The summed E-state index contributed by atoms with van der Waals surface area (Å²) in [6.45, 7) is 5.10. The summed E-state index contributed by atoms with van der Waals surface area (Å²) in [6, 6.07) is 0. The molecule has 0 aliphatic heterocycles. The molecule has 0 saturated carbocycles. The molecule has 142 valence electrons. The van der Waals surface area contributed by atoms with Crippen LogP contribution < -0.4 is 26.6 Å². The number of ketones is 1. The topological polar surface area (TPSA) is 146 Å². The van der Waals surface area contributed by atoms with Crippen LogP contribution in [0.15, 0.2) is 0 Å². The number of carbonyl (C=O) groups excluding carboxylic acids is 5. The smallest absolute Gasteiger partial charge is 0.239 e. The van der Waals surface area contributed by atoms with Crippen molar-refractivity contribution in [3.63, 3.8) is 0 Å². The molecule has 5 N–H and O–H groups in total. The van der Waals surface area contributed by atoms with Gasteiger partial charge in [-0.3, -0.25) is 24.0 Å². The number of carbonyl (C=O) groups is 5. The minimum atomic E-state index is -0.558. The van der Waals surface area contributed by atoms with Gasteiger partial charge in [0.25, 0.3) is 0 Å². The van der Waals surface area contributed by atoms with E-state index in [0.717, 1.165) is 0 Å². The van der Waals surface area contributed by atoms with Crippen molar-refractivity contribution in [3.8, 4) is 0 Å². The molecular weight excluding hydrogens is 330 g/mol. The number of rotatable bonds is 12. The van der Waals surface area contributed by atoms with Crippen molar-refractivity contribution in [3.05, 3.63) is 0 Å². The highest BCUT2D eigenvalue weighted by Gasteiger charge is 2.11. The summed E-state index contributed by atoms with van der Waals surface area (Å²) in [5.41, 5.74) is 0. The minimum absolute atomic E-state index is 0.0876. The molecule has 0 radical (unpaired) electrons. The molecule has 0 spiro atoms. The van der Waals surface area contributed by atoms with E-state index in [4.69, 9.17) is 0 Å². The van der Waals surface area contributed by atoms with Crippen LogP contribution in [0, 0.1) is 5.92 Å². The molecule has 0 fully saturated rings. The van der Waals surface area contributed by atoms with Gasteiger partial charge in [0, 0.05) is 5.92 Å². The summed E-state index contributed by atoms with van der Waals surface area (Å²) in [5.74, 6) is -2.19. The van der Waals surface area contributed by atoms with Crippen LogP contribution >= 0.6 is 0 Å². The highest BCUT2D eigenvalue weighted by Crippen LogP contribution is 1.91. The lowest BCUT2D eigenvalue weighted by atomic mass is 10.1. The van der Waals surface area contributed by atoms with Gasteiger partial charge in [-0.25, -0.2) is 0 Å². The molecule has 0 unspecified atom stereocenters. The molecule has 0 rings (SSSR count). The van der Waals surface area contributed by atoms with Crippen molar-refractivity contribution in [1.29, 1.82) is 0 Å². The minimum Gasteiger partial charge on any atom is -0.347 e. The number of Topliss-reactive ketones (excluding diaryl/α,β-unsaturated/α-hetero) is 1. The molecular formula is C15H27N5O5. The molecule has 10 heteroatoms. The molecule has 10 nitrogen and oxygen atoms in total. The van der Waals surface area contributed by atoms with E-state index >= 15 is 0 Å². The van der Waals surface area contributed by atoms with Gasteiger partial charge in [0.1, 0.15) is 0 Å². The highest BCUT2D eigenvalue weighted by atomic mass is 16.2. The average molecular weight is 357 g/mol. The molecule has 0 aliphatic carbocycles. The summed E-state index contributed by atoms with van der Waals surface area (Å²) >= 11 is 0. The van der Waals surface area contributed by atoms with Crippen molar-refractivity contribution in [2.45, 2.75) is 20.8 Å². The van der Waals surface area contributed by atoms with Crippen LogP contribution in [0.5, 0.6) is 0 Å². The average Bonchev–Trinajstić information content (AvgIpc) is 2.58. The molecule has 0 aromatic heterocycles. The number of amides is 4. The van der Waals surface area contributed by atoms with E-state index in [-0.39, 0.29) is 50.3 Å². The lowest BCUT2D eigenvalue weighted by molar-refractivity contribution is -0.129. The Balaban J connectivity index is 3.81. The number of nitrogens with one attached hydrogen (secondary N) is 5. The second kappa shape index (κ2) is 12.9. The van der Waals surface area contributed by atoms with E-state index in [2.05, 4.69) is 26.6 Å². The number of hydrogen-bond donors (Lipinski definition) is 5. The van der Waals surface area contributed by atoms with Gasteiger partial charge in [0.15, 0.2) is 5.78 Å². The summed E-state index contributed by atoms with van der Waals surface area (Å²) in [5, 5.41) is 12.2. The van der Waals surface area contributed by atoms with Crippen molar-refractivity contribution in [1.82, 2.24) is 26.6 Å². The molecule has 0 saturated heterocycles. The normalized spacial score (nSPS) is 10.1. The van der Waals surface area contributed by atoms with E-state index in [0.29, 0.717) is 6.54 Å². The lowest BCUT2D eigenvalue weighted by Crippen LogP contribution is -2.45. The maximum absolute atomic E-state index is 11.5. The van der Waals surface area contributed by atoms with Gasteiger partial charge in [-0.05, 0) is 6.54 Å². The van der Waals surface area contributed by atoms with Crippen LogP contribution in [-0.2, 0) is 24.0 Å². The fourth-order valence-corrected chi connectivity index (χ4v) is 1.41. The fraction of sp³-hybridized carbons (Fsp3) is 0.667. The van der Waals surface area contributed by atoms with E-state index in [9.17, 15) is 24.0 Å². The Bertz CT molecular complexity index is 493. The van der Waals surface area contributed by atoms with Crippen LogP contribution in [0.25, 0.3) is 0 Å². The Labute approximate surface area is 146 Å². The van der Waals surface area contributed by atoms with Crippen LogP contribution in [0.1, 0.15) is 20.8 Å². The first-order valence-corrected chi connectivity index (χ1v) is 8.06. The monoisotopic (exact) mass is 357 g/mol. The Hall–Kier alpha value is -2.49. The first kappa shape index (κ1) is 22.5. The SMILES string of the molecule is CCNCC(=O)NCC(=O)NCC(=O)NCC(=O)NCC(=O)C(C)C. The maximum Gasteiger partial charge on any atom is 0.239 e. The Kier molecular flexibility index (Phi) is 11.6. The zero-order valence-corrected chi connectivity index (χ0v) is 14.9. The summed E-state index contributed by atoms with van der Waals surface area (Å²) in [6.07, 6.45) is 0. The Morgan fingerprint density at radius 2 is 1.00 bits per heavy atom. The Morgan fingerprint density at radius 1 is 0.640 bits per heavy atom. The van der Waals surface area contributed by atoms with Crippen molar-refractivity contribution in [2.24, 2.45) is 5.92 Å². The second-order valence-electron chi connectivity index (χ2n) is 5.51. The number of hydrogen-bond acceptors (Lipinski definition) is 6. The molecule has 25 heavy (non-hydrogen) atoms. The quantitative estimate of drug-likeness (QED) is 0.257. The predicted octanol–water partition coefficient (Wildman–Crippen LogP) is -2.71. The summed E-state index contributed by atoms with van der Waals surface area (Å²) < 4.78 is 0. The summed E-state index contributed by atoms with van der Waals surface area (Å²) in [7, 11) is 0. The fourth-order valence-electron chi connectivity index (χ4n) is 1.41. The zero-order chi connectivity index (χ0) is 19.2. The Morgan fingerprint density at radius 3 is 1.36 bits per heavy atom. The zero-order valence-electron chi connectivity index (χ0n) is 14.9. The maximum atomic E-state index is 11.5. The van der Waals surface area contributed by atoms with Crippen LogP contribution in [0.2, 0.25) is 0 Å². The van der Waals surface area contributed by atoms with Gasteiger partial charge in [-0.15, -0.1) is 0 Å². The lowest BCUT2D eigenvalue weighted by Gasteiger charge is -2.09. The van der Waals surface area contributed by atoms with E-state index < -0.39 is 17.7 Å². The molecule has 0 atom stereocenters. The van der Waals surface area contributed by atoms with Gasteiger partial charge >= 0.3 is 0 Å². The van der Waals surface area contributed by atoms with E-state index in [1.807, 2.05) is 6.92 Å². The third-order valence-electron chi connectivity index (χ3n) is 2.98. The third-order valence-corrected chi connectivity index (χ3v) is 2.98. The van der Waals surface area contributed by atoms with Crippen molar-refractivity contribution < 1.29 is 24.0 Å². The van der Waals surface area contributed by atoms with E-state index in [1.165, 1.54) is 0 Å². The first-order valence-electron chi connectivity index (χ1n) is 8.06.